The molecule has 0 aliphatic carbocycles. The molecule has 1 fully saturated rings. The van der Waals surface area contributed by atoms with E-state index in [1.165, 1.54) is 24.4 Å². The van der Waals surface area contributed by atoms with Gasteiger partial charge in [-0.3, -0.25) is 4.57 Å². The first kappa shape index (κ1) is 22.6. The van der Waals surface area contributed by atoms with Crippen LogP contribution in [0.2, 0.25) is 0 Å². The number of fused-ring (bicyclic) bond motifs is 1. The van der Waals surface area contributed by atoms with Crippen molar-refractivity contribution < 1.29 is 20.1 Å². The van der Waals surface area contributed by atoms with Crippen molar-refractivity contribution in [3.63, 3.8) is 0 Å². The van der Waals surface area contributed by atoms with Crippen LogP contribution >= 0.6 is 0 Å². The molecule has 32 heavy (non-hydrogen) atoms. The molecule has 1 saturated heterocycles. The molecular weight excluding hydrogens is 517 g/mol. The van der Waals surface area contributed by atoms with Crippen LogP contribution in [-0.4, -0.2) is 80.9 Å². The Labute approximate surface area is 194 Å². The van der Waals surface area contributed by atoms with Crippen LogP contribution < -0.4 is 12.9 Å². The third-order valence-corrected chi connectivity index (χ3v) is 8.57. The summed E-state index contributed by atoms with van der Waals surface area (Å²) in [7, 11) is 0. The number of nitrogen functional groups attached to an aromatic ring is 1. The van der Waals surface area contributed by atoms with E-state index in [2.05, 4.69) is 75.6 Å². The summed E-state index contributed by atoms with van der Waals surface area (Å²) >= 11 is -0.517. The van der Waals surface area contributed by atoms with Gasteiger partial charge in [0.25, 0.3) is 0 Å². The number of aliphatic hydroxyl groups is 3. The van der Waals surface area contributed by atoms with Crippen molar-refractivity contribution >= 4 is 45.3 Å². The topological polar surface area (TPSA) is 140 Å². The van der Waals surface area contributed by atoms with Gasteiger partial charge in [0.15, 0.2) is 17.7 Å². The molecule has 164 valence electrons. The Bertz CT molecular complexity index is 1110. The van der Waals surface area contributed by atoms with E-state index in [4.69, 9.17) is 15.6 Å². The maximum atomic E-state index is 9.95. The number of imidazole rings is 1. The number of benzene rings is 2. The summed E-state index contributed by atoms with van der Waals surface area (Å²) in [6.45, 7) is -0.390. The molecule has 9 nitrogen and oxygen atoms in total. The average Bonchev–Trinajstić information content (AvgIpc) is 3.37. The second kappa shape index (κ2) is 10.4. The molecule has 1 aliphatic rings. The summed E-state index contributed by atoms with van der Waals surface area (Å²) < 4.78 is 9.93. The number of rotatable bonds is 4. The fourth-order valence-electron chi connectivity index (χ4n) is 3.38. The number of ether oxygens (including phenoxy) is 1. The molecule has 5 N–H and O–H groups in total. The van der Waals surface area contributed by atoms with E-state index in [0.717, 1.165) is 0 Å². The SMILES string of the molecule is Nc1ncnc2c1ncn2C1OC(CO)C(O)C1O.c1cc[c]([Sn][c]2ccccc2)cc1. The van der Waals surface area contributed by atoms with Gasteiger partial charge >= 0.3 is 89.0 Å². The summed E-state index contributed by atoms with van der Waals surface area (Å²) in [6.07, 6.45) is -1.42. The minimum atomic E-state index is -1.19. The number of anilines is 1. The van der Waals surface area contributed by atoms with Gasteiger partial charge in [0.1, 0.15) is 30.2 Å². The number of aromatic nitrogens is 4. The molecule has 10 heteroatoms. The van der Waals surface area contributed by atoms with Crippen LogP contribution in [0.25, 0.3) is 11.2 Å². The number of hydrogen-bond acceptors (Lipinski definition) is 8. The first-order valence-corrected chi connectivity index (χ1v) is 12.9. The van der Waals surface area contributed by atoms with Gasteiger partial charge in [-0.15, -0.1) is 0 Å². The van der Waals surface area contributed by atoms with Gasteiger partial charge in [0, 0.05) is 0 Å². The van der Waals surface area contributed by atoms with Gasteiger partial charge in [0.2, 0.25) is 0 Å². The summed E-state index contributed by atoms with van der Waals surface area (Å²) in [4.78, 5) is 11.9. The number of nitrogens with two attached hydrogens (primary N) is 1. The van der Waals surface area contributed by atoms with Crippen molar-refractivity contribution in [1.82, 2.24) is 19.5 Å². The Balaban J connectivity index is 0.000000165. The zero-order chi connectivity index (χ0) is 22.5. The zero-order valence-electron chi connectivity index (χ0n) is 17.1. The predicted octanol–water partition coefficient (Wildman–Crippen LogP) is -0.638. The molecule has 0 saturated carbocycles. The van der Waals surface area contributed by atoms with Gasteiger partial charge < -0.3 is 25.8 Å². The Morgan fingerprint density at radius 1 is 0.906 bits per heavy atom. The van der Waals surface area contributed by atoms with Crippen LogP contribution in [0.5, 0.6) is 0 Å². The van der Waals surface area contributed by atoms with Gasteiger partial charge in [-0.1, -0.05) is 0 Å². The molecule has 2 aromatic heterocycles. The third kappa shape index (κ3) is 4.92. The summed E-state index contributed by atoms with van der Waals surface area (Å²) in [5.74, 6) is 0.218. The molecule has 4 unspecified atom stereocenters. The average molecular weight is 540 g/mol. The summed E-state index contributed by atoms with van der Waals surface area (Å²) in [5.41, 5.74) is 6.44. The normalized spacial score (nSPS) is 22.5. The second-order valence-corrected chi connectivity index (χ2v) is 11.2. The summed E-state index contributed by atoms with van der Waals surface area (Å²) in [6, 6.07) is 21.6. The Morgan fingerprint density at radius 3 is 2.09 bits per heavy atom. The van der Waals surface area contributed by atoms with E-state index in [1.807, 2.05) is 0 Å². The Morgan fingerprint density at radius 2 is 1.53 bits per heavy atom. The van der Waals surface area contributed by atoms with Crippen LogP contribution in [0.4, 0.5) is 5.82 Å². The van der Waals surface area contributed by atoms with E-state index in [1.54, 1.807) is 0 Å². The standard InChI is InChI=1S/C10H13N5O4.2C6H5.Sn/c11-8-5-9(13-2-12-8)15(3-14-5)10-7(18)6(17)4(1-16)19-10;2*1-2-4-6-5-3-1;/h2-4,6-7,10,16-18H,1H2,(H2,11,12,13);2*1-5H;. The quantitative estimate of drug-likeness (QED) is 0.251. The Kier molecular flexibility index (Phi) is 7.32. The first-order valence-electron chi connectivity index (χ1n) is 10.0. The predicted molar refractivity (Wildman–Crippen MR) is 121 cm³/mol. The third-order valence-electron chi connectivity index (χ3n) is 5.01. The molecule has 4 atom stereocenters. The van der Waals surface area contributed by atoms with E-state index in [0.29, 0.717) is 11.2 Å². The van der Waals surface area contributed by atoms with E-state index >= 15 is 0 Å². The fourth-order valence-corrected chi connectivity index (χ4v) is 6.38. The van der Waals surface area contributed by atoms with Crippen molar-refractivity contribution in [2.75, 3.05) is 12.3 Å². The molecule has 2 aromatic carbocycles. The first-order chi connectivity index (χ1) is 15.6. The van der Waals surface area contributed by atoms with E-state index < -0.39 is 52.3 Å². The molecule has 0 bridgehead atoms. The van der Waals surface area contributed by atoms with Crippen LogP contribution in [0.3, 0.4) is 0 Å². The van der Waals surface area contributed by atoms with Crippen molar-refractivity contribution in [3.8, 4) is 0 Å². The van der Waals surface area contributed by atoms with Gasteiger partial charge in [-0.2, -0.15) is 0 Å². The Hall–Kier alpha value is -2.57. The molecule has 3 heterocycles. The molecular formula is C22H23N5O4Sn. The van der Waals surface area contributed by atoms with E-state index in [-0.39, 0.29) is 5.82 Å². The van der Waals surface area contributed by atoms with Gasteiger partial charge in [-0.25, -0.2) is 15.0 Å². The van der Waals surface area contributed by atoms with Crippen molar-refractivity contribution in [1.29, 1.82) is 0 Å². The molecule has 2 radical (unpaired) electrons. The van der Waals surface area contributed by atoms with Crippen LogP contribution in [0, 0.1) is 0 Å². The maximum absolute atomic E-state index is 9.95. The number of aliphatic hydroxyl groups excluding tert-OH is 3. The van der Waals surface area contributed by atoms with E-state index in [9.17, 15) is 10.2 Å². The van der Waals surface area contributed by atoms with Crippen LogP contribution in [0.1, 0.15) is 6.23 Å². The van der Waals surface area contributed by atoms with Crippen molar-refractivity contribution in [2.45, 2.75) is 24.5 Å². The second-order valence-electron chi connectivity index (χ2n) is 7.17. The van der Waals surface area contributed by atoms with Crippen molar-refractivity contribution in [2.24, 2.45) is 0 Å². The van der Waals surface area contributed by atoms with Crippen LogP contribution in [0.15, 0.2) is 73.3 Å². The van der Waals surface area contributed by atoms with Crippen LogP contribution in [-0.2, 0) is 4.74 Å². The zero-order valence-corrected chi connectivity index (χ0v) is 19.9. The fraction of sp³-hybridized carbons (Fsp3) is 0.227. The summed E-state index contributed by atoms with van der Waals surface area (Å²) in [5, 5.41) is 28.7. The monoisotopic (exact) mass is 541 g/mol. The number of hydrogen-bond donors (Lipinski definition) is 4. The number of nitrogens with zero attached hydrogens (tertiary/aromatic N) is 4. The molecule has 4 aromatic rings. The van der Waals surface area contributed by atoms with Gasteiger partial charge in [0.05, 0.1) is 12.9 Å². The molecule has 5 rings (SSSR count). The van der Waals surface area contributed by atoms with Crippen molar-refractivity contribution in [3.05, 3.63) is 73.3 Å². The molecule has 0 amide bonds. The minimum absolute atomic E-state index is 0.218. The molecule has 1 aliphatic heterocycles. The molecule has 0 spiro atoms. The van der Waals surface area contributed by atoms with Gasteiger partial charge in [-0.05, 0) is 0 Å².